The van der Waals surface area contributed by atoms with Crippen molar-refractivity contribution in [3.63, 3.8) is 0 Å². The van der Waals surface area contributed by atoms with E-state index in [4.69, 9.17) is 14.2 Å². The second-order valence-corrected chi connectivity index (χ2v) is 14.6. The van der Waals surface area contributed by atoms with Gasteiger partial charge in [0.15, 0.2) is 0 Å². The van der Waals surface area contributed by atoms with Crippen LogP contribution in [0.3, 0.4) is 0 Å². The van der Waals surface area contributed by atoms with Crippen LogP contribution in [0, 0.1) is 5.41 Å². The number of anilines is 3. The van der Waals surface area contributed by atoms with E-state index in [2.05, 4.69) is 18.7 Å². The molecule has 0 unspecified atom stereocenters. The lowest BCUT2D eigenvalue weighted by molar-refractivity contribution is -0.121. The largest absolute Gasteiger partial charge is 0.489 e. The molecule has 13 nitrogen and oxygen atoms in total. The molecule has 6 rings (SSSR count). The maximum atomic E-state index is 12.8. The van der Waals surface area contributed by atoms with Gasteiger partial charge in [-0.05, 0) is 109 Å². The summed E-state index contributed by atoms with van der Waals surface area (Å²) in [5, 5.41) is 0. The van der Waals surface area contributed by atoms with Crippen molar-refractivity contribution < 1.29 is 47.8 Å². The summed E-state index contributed by atoms with van der Waals surface area (Å²) in [7, 11) is 0. The fourth-order valence-electron chi connectivity index (χ4n) is 6.96. The van der Waals surface area contributed by atoms with Crippen LogP contribution in [0.1, 0.15) is 59.9 Å². The summed E-state index contributed by atoms with van der Waals surface area (Å²) < 4.78 is 17.2. The highest BCUT2D eigenvalue weighted by Gasteiger charge is 2.31. The number of benzene rings is 3. The Hall–Kier alpha value is -7.15. The molecule has 0 saturated carbocycles. The van der Waals surface area contributed by atoms with E-state index in [1.807, 2.05) is 43.3 Å². The van der Waals surface area contributed by atoms with Gasteiger partial charge in [-0.2, -0.15) is 0 Å². The molecule has 3 aromatic carbocycles. The molecule has 0 spiro atoms. The third-order valence-electron chi connectivity index (χ3n) is 9.81. The molecule has 0 fully saturated rings. The minimum atomic E-state index is -0.594. The first-order chi connectivity index (χ1) is 28.4. The molecule has 13 heteroatoms. The van der Waals surface area contributed by atoms with Crippen LogP contribution in [0.25, 0.3) is 6.08 Å². The molecule has 3 aliphatic rings. The zero-order chi connectivity index (χ0) is 42.1. The predicted octanol–water partition coefficient (Wildman–Crippen LogP) is 6.31. The number of allylic oxidation sites excluding steroid dienone is 4. The van der Waals surface area contributed by atoms with Gasteiger partial charge >= 0.3 is 11.9 Å². The molecule has 0 aromatic heterocycles. The zero-order valence-electron chi connectivity index (χ0n) is 32.9. The molecule has 2 aliphatic heterocycles. The van der Waals surface area contributed by atoms with E-state index in [0.717, 1.165) is 38.5 Å². The molecule has 0 atom stereocenters. The first kappa shape index (κ1) is 41.5. The van der Waals surface area contributed by atoms with Crippen LogP contribution in [0.15, 0.2) is 126 Å². The minimum Gasteiger partial charge on any atom is -0.489 e. The Kier molecular flexibility index (Phi) is 12.9. The van der Waals surface area contributed by atoms with Gasteiger partial charge in [0.25, 0.3) is 23.6 Å². The van der Waals surface area contributed by atoms with Crippen LogP contribution in [0.2, 0.25) is 0 Å². The topological polar surface area (TPSA) is 157 Å². The number of carbonyl (C=O) groups is 7. The third-order valence-corrected chi connectivity index (χ3v) is 9.81. The van der Waals surface area contributed by atoms with Crippen molar-refractivity contribution in [2.75, 3.05) is 47.6 Å². The van der Waals surface area contributed by atoms with Gasteiger partial charge in [0.05, 0.1) is 29.0 Å². The molecule has 0 saturated heterocycles. The maximum Gasteiger partial charge on any atom is 0.338 e. The lowest BCUT2D eigenvalue weighted by atomic mass is 9.74. The number of imide groups is 2. The highest BCUT2D eigenvalue weighted by Crippen LogP contribution is 2.43. The van der Waals surface area contributed by atoms with E-state index >= 15 is 0 Å². The van der Waals surface area contributed by atoms with Crippen LogP contribution >= 0.6 is 0 Å². The molecule has 59 heavy (non-hydrogen) atoms. The molecule has 0 bridgehead atoms. The predicted molar refractivity (Wildman–Crippen MR) is 220 cm³/mol. The standard InChI is InChI=1S/C46H43N3O10/c1-4-47(24-26-58-44(55)32-9-15-37(16-10-32)48-39(51)19-20-40(48)52)36-13-6-31(7-14-36)5-8-34-29-46(2,3)30-35(23-25-50)43(34)57-27-28-59-45(56)33-11-17-38(18-12-33)49-41(53)21-22-42(49)54/h5-23,25H,4,24,26-30H2,1-3H3/b8-5+,35-23+. The van der Waals surface area contributed by atoms with E-state index in [-0.39, 0.29) is 30.8 Å². The fraction of sp³-hybridized carbons (Fsp3) is 0.239. The Labute approximate surface area is 341 Å². The average Bonchev–Trinajstić information content (AvgIpc) is 3.75. The first-order valence-electron chi connectivity index (χ1n) is 19.1. The van der Waals surface area contributed by atoms with E-state index in [1.165, 1.54) is 78.9 Å². The first-order valence-corrected chi connectivity index (χ1v) is 19.1. The number of rotatable bonds is 16. The van der Waals surface area contributed by atoms with E-state index < -0.39 is 35.6 Å². The lowest BCUT2D eigenvalue weighted by Crippen LogP contribution is -2.29. The van der Waals surface area contributed by atoms with E-state index in [0.29, 0.717) is 48.6 Å². The van der Waals surface area contributed by atoms with Crippen molar-refractivity contribution in [2.24, 2.45) is 5.41 Å². The van der Waals surface area contributed by atoms with Crippen molar-refractivity contribution in [1.82, 2.24) is 0 Å². The van der Waals surface area contributed by atoms with E-state index in [9.17, 15) is 33.6 Å². The molecule has 3 aromatic rings. The van der Waals surface area contributed by atoms with Gasteiger partial charge in [-0.15, -0.1) is 0 Å². The molecule has 1 aliphatic carbocycles. The normalized spacial score (nSPS) is 16.8. The average molecular weight is 798 g/mol. The second-order valence-electron chi connectivity index (χ2n) is 14.6. The number of amides is 4. The second kappa shape index (κ2) is 18.4. The smallest absolute Gasteiger partial charge is 0.338 e. The summed E-state index contributed by atoms with van der Waals surface area (Å²) in [5.74, 6) is -2.32. The molecule has 0 radical (unpaired) electrons. The Bertz CT molecular complexity index is 2260. The number of likely N-dealkylation sites (N-methyl/N-ethyl adjacent to an activating group) is 1. The molecular weight excluding hydrogens is 755 g/mol. The monoisotopic (exact) mass is 797 g/mol. The van der Waals surface area contributed by atoms with Crippen LogP contribution < -0.4 is 14.7 Å². The van der Waals surface area contributed by atoms with Crippen LogP contribution in [0.5, 0.6) is 0 Å². The summed E-state index contributed by atoms with van der Waals surface area (Å²) in [6.45, 7) is 7.50. The number of hydrogen-bond donors (Lipinski definition) is 0. The Balaban J connectivity index is 1.04. The number of hydrogen-bond acceptors (Lipinski definition) is 11. The number of ether oxygens (including phenoxy) is 3. The number of carbonyl (C=O) groups excluding carboxylic acids is 7. The Morgan fingerprint density at radius 1 is 0.678 bits per heavy atom. The van der Waals surface area contributed by atoms with Gasteiger partial charge in [-0.25, -0.2) is 19.4 Å². The van der Waals surface area contributed by atoms with Gasteiger partial charge in [0.2, 0.25) is 0 Å². The quantitative estimate of drug-likeness (QED) is 0.0526. The van der Waals surface area contributed by atoms with Crippen molar-refractivity contribution in [1.29, 1.82) is 0 Å². The maximum absolute atomic E-state index is 12.8. The van der Waals surface area contributed by atoms with Crippen molar-refractivity contribution in [3.05, 3.63) is 143 Å². The van der Waals surface area contributed by atoms with Crippen molar-refractivity contribution >= 4 is 65.0 Å². The minimum absolute atomic E-state index is 0.0414. The zero-order valence-corrected chi connectivity index (χ0v) is 32.9. The van der Waals surface area contributed by atoms with Crippen LogP contribution in [0.4, 0.5) is 17.1 Å². The summed E-state index contributed by atoms with van der Waals surface area (Å²) in [6.07, 6.45) is 12.3. The highest BCUT2D eigenvalue weighted by atomic mass is 16.6. The van der Waals surface area contributed by atoms with Gasteiger partial charge in [0, 0.05) is 36.5 Å². The Morgan fingerprint density at radius 3 is 1.68 bits per heavy atom. The van der Waals surface area contributed by atoms with Crippen LogP contribution in [-0.2, 0) is 38.2 Å². The fourth-order valence-corrected chi connectivity index (χ4v) is 6.96. The lowest BCUT2D eigenvalue weighted by Gasteiger charge is -2.33. The molecule has 0 N–H and O–H groups in total. The van der Waals surface area contributed by atoms with Crippen LogP contribution in [-0.4, -0.2) is 74.8 Å². The van der Waals surface area contributed by atoms with E-state index in [1.54, 1.807) is 0 Å². The molecular formula is C46H43N3O10. The number of esters is 2. The molecule has 4 amide bonds. The highest BCUT2D eigenvalue weighted by molar-refractivity contribution is 6.28. The summed E-state index contributed by atoms with van der Waals surface area (Å²) >= 11 is 0. The molecule has 302 valence electrons. The number of nitrogens with zero attached hydrogens (tertiary/aromatic N) is 3. The van der Waals surface area contributed by atoms with Gasteiger partial charge in [-0.3, -0.25) is 24.0 Å². The van der Waals surface area contributed by atoms with Crippen molar-refractivity contribution in [2.45, 2.75) is 33.6 Å². The summed E-state index contributed by atoms with van der Waals surface area (Å²) in [5.41, 5.74) is 4.63. The summed E-state index contributed by atoms with van der Waals surface area (Å²) in [4.78, 5) is 89.0. The van der Waals surface area contributed by atoms with Gasteiger partial charge in [-0.1, -0.05) is 38.1 Å². The number of aldehydes is 1. The SMILES string of the molecule is CCN(CCOC(=O)c1ccc(N2C(=O)C=CC2=O)cc1)c1ccc(/C=C/C2=C(OCCOC(=O)c3ccc(N4C(=O)C=CC4=O)cc3)C(=C/C=O)/CC(C)(C)C2)cc1. The Morgan fingerprint density at radius 2 is 1.19 bits per heavy atom. The van der Waals surface area contributed by atoms with Crippen molar-refractivity contribution in [3.8, 4) is 0 Å². The third kappa shape index (κ3) is 10.1. The molecule has 2 heterocycles. The summed E-state index contributed by atoms with van der Waals surface area (Å²) in [6, 6.07) is 20.0. The van der Waals surface area contributed by atoms with Gasteiger partial charge < -0.3 is 19.1 Å². The van der Waals surface area contributed by atoms with Gasteiger partial charge in [0.1, 0.15) is 31.9 Å².